The summed E-state index contributed by atoms with van der Waals surface area (Å²) in [6, 6.07) is 0.602. The van der Waals surface area contributed by atoms with Crippen LogP contribution in [0.5, 0.6) is 0 Å². The Kier molecular flexibility index (Phi) is 3.82. The van der Waals surface area contributed by atoms with Crippen molar-refractivity contribution in [3.8, 4) is 0 Å². The molecule has 1 heterocycles. The molecular weight excluding hydrogens is 212 g/mol. The predicted molar refractivity (Wildman–Crippen MR) is 71.1 cm³/mol. The first-order valence-electron chi connectivity index (χ1n) is 6.50. The molecule has 4 nitrogen and oxygen atoms in total. The van der Waals surface area contributed by atoms with E-state index in [0.29, 0.717) is 12.0 Å². The third-order valence-electron chi connectivity index (χ3n) is 3.67. The molecule has 94 valence electrons. The Morgan fingerprint density at radius 3 is 2.53 bits per heavy atom. The lowest BCUT2D eigenvalue weighted by Crippen LogP contribution is -2.32. The van der Waals surface area contributed by atoms with Crippen molar-refractivity contribution < 1.29 is 0 Å². The minimum Gasteiger partial charge on any atom is -0.368 e. The van der Waals surface area contributed by atoms with Gasteiger partial charge in [-0.25, -0.2) is 4.98 Å². The zero-order valence-corrected chi connectivity index (χ0v) is 10.8. The van der Waals surface area contributed by atoms with Gasteiger partial charge in [0.15, 0.2) is 0 Å². The molecule has 0 spiro atoms. The van der Waals surface area contributed by atoms with Crippen molar-refractivity contribution >= 4 is 11.8 Å². The maximum Gasteiger partial charge on any atom is 0.221 e. The maximum atomic E-state index is 5.68. The van der Waals surface area contributed by atoms with Crippen LogP contribution in [0.1, 0.15) is 44.1 Å². The van der Waals surface area contributed by atoms with E-state index in [1.807, 2.05) is 13.1 Å². The predicted octanol–water partition coefficient (Wildman–Crippen LogP) is 2.53. The van der Waals surface area contributed by atoms with E-state index in [1.54, 1.807) is 0 Å². The lowest BCUT2D eigenvalue weighted by atomic mass is 10.1. The van der Waals surface area contributed by atoms with Gasteiger partial charge in [-0.05, 0) is 19.8 Å². The average Bonchev–Trinajstić information content (AvgIpc) is 2.60. The van der Waals surface area contributed by atoms with Crippen LogP contribution < -0.4 is 10.6 Å². The number of rotatable bonds is 2. The highest BCUT2D eigenvalue weighted by Crippen LogP contribution is 2.26. The molecule has 1 aliphatic rings. The van der Waals surface area contributed by atoms with Gasteiger partial charge in [0.1, 0.15) is 5.82 Å². The van der Waals surface area contributed by atoms with Gasteiger partial charge >= 0.3 is 0 Å². The highest BCUT2D eigenvalue weighted by molar-refractivity contribution is 5.48. The highest BCUT2D eigenvalue weighted by atomic mass is 15.2. The Morgan fingerprint density at radius 1 is 1.24 bits per heavy atom. The quantitative estimate of drug-likeness (QED) is 0.799. The van der Waals surface area contributed by atoms with Crippen molar-refractivity contribution in [1.82, 2.24) is 9.97 Å². The molecule has 1 aromatic rings. The second-order valence-electron chi connectivity index (χ2n) is 4.99. The lowest BCUT2D eigenvalue weighted by molar-refractivity contribution is 0.548. The van der Waals surface area contributed by atoms with Crippen molar-refractivity contribution in [2.75, 3.05) is 17.7 Å². The number of hydrogen-bond acceptors (Lipinski definition) is 4. The minimum absolute atomic E-state index is 0.367. The first kappa shape index (κ1) is 12.1. The lowest BCUT2D eigenvalue weighted by Gasteiger charge is -2.29. The molecule has 1 saturated carbocycles. The normalized spacial score (nSPS) is 17.8. The SMILES string of the molecule is Cc1cnc(N)nc1N(C)C1CCCCCC1. The molecule has 1 aliphatic carbocycles. The zero-order valence-electron chi connectivity index (χ0n) is 10.8. The fourth-order valence-corrected chi connectivity index (χ4v) is 2.62. The van der Waals surface area contributed by atoms with Gasteiger partial charge in [0.05, 0.1) is 0 Å². The molecule has 0 aromatic carbocycles. The van der Waals surface area contributed by atoms with Crippen LogP contribution in [0.3, 0.4) is 0 Å². The summed E-state index contributed by atoms with van der Waals surface area (Å²) in [5.41, 5.74) is 6.78. The molecule has 0 atom stereocenters. The third-order valence-corrected chi connectivity index (χ3v) is 3.67. The second kappa shape index (κ2) is 5.34. The van der Waals surface area contributed by atoms with Gasteiger partial charge in [0.2, 0.25) is 5.95 Å². The Bertz CT molecular complexity index is 370. The van der Waals surface area contributed by atoms with E-state index in [9.17, 15) is 0 Å². The van der Waals surface area contributed by atoms with Crippen LogP contribution in [0.2, 0.25) is 0 Å². The monoisotopic (exact) mass is 234 g/mol. The number of aryl methyl sites for hydroxylation is 1. The van der Waals surface area contributed by atoms with Gasteiger partial charge < -0.3 is 10.6 Å². The largest absolute Gasteiger partial charge is 0.368 e. The van der Waals surface area contributed by atoms with Crippen molar-refractivity contribution in [1.29, 1.82) is 0 Å². The average molecular weight is 234 g/mol. The molecular formula is C13H22N4. The number of nitrogen functional groups attached to an aromatic ring is 1. The van der Waals surface area contributed by atoms with Crippen LogP contribution >= 0.6 is 0 Å². The topological polar surface area (TPSA) is 55.0 Å². The van der Waals surface area contributed by atoms with E-state index in [1.165, 1.54) is 38.5 Å². The standard InChI is InChI=1S/C13H22N4/c1-10-9-15-13(14)16-12(10)17(2)11-7-5-3-4-6-8-11/h9,11H,3-8H2,1-2H3,(H2,14,15,16). The van der Waals surface area contributed by atoms with E-state index >= 15 is 0 Å². The Morgan fingerprint density at radius 2 is 1.88 bits per heavy atom. The number of nitrogens with zero attached hydrogens (tertiary/aromatic N) is 3. The molecule has 0 unspecified atom stereocenters. The summed E-state index contributed by atoms with van der Waals surface area (Å²) in [7, 11) is 2.13. The first-order valence-corrected chi connectivity index (χ1v) is 6.50. The molecule has 1 fully saturated rings. The van der Waals surface area contributed by atoms with Crippen LogP contribution in [0.4, 0.5) is 11.8 Å². The fraction of sp³-hybridized carbons (Fsp3) is 0.692. The van der Waals surface area contributed by atoms with Crippen molar-refractivity contribution in [2.45, 2.75) is 51.5 Å². The number of anilines is 2. The summed E-state index contributed by atoms with van der Waals surface area (Å²) in [6.07, 6.45) is 9.73. The molecule has 4 heteroatoms. The van der Waals surface area contributed by atoms with Crippen LogP contribution in [-0.4, -0.2) is 23.1 Å². The van der Waals surface area contributed by atoms with Crippen LogP contribution in [0, 0.1) is 6.92 Å². The summed E-state index contributed by atoms with van der Waals surface area (Å²) >= 11 is 0. The summed E-state index contributed by atoms with van der Waals surface area (Å²) in [4.78, 5) is 10.7. The van der Waals surface area contributed by atoms with E-state index in [2.05, 4.69) is 21.9 Å². The van der Waals surface area contributed by atoms with Gasteiger partial charge in [-0.15, -0.1) is 0 Å². The van der Waals surface area contributed by atoms with Gasteiger partial charge in [-0.2, -0.15) is 4.98 Å². The molecule has 2 rings (SSSR count). The second-order valence-corrected chi connectivity index (χ2v) is 4.99. The first-order chi connectivity index (χ1) is 8.18. The molecule has 0 radical (unpaired) electrons. The fourth-order valence-electron chi connectivity index (χ4n) is 2.62. The maximum absolute atomic E-state index is 5.68. The van der Waals surface area contributed by atoms with Crippen LogP contribution in [0.25, 0.3) is 0 Å². The number of aromatic nitrogens is 2. The molecule has 17 heavy (non-hydrogen) atoms. The van der Waals surface area contributed by atoms with Gasteiger partial charge in [-0.3, -0.25) is 0 Å². The molecule has 1 aromatic heterocycles. The zero-order chi connectivity index (χ0) is 12.3. The summed E-state index contributed by atoms with van der Waals surface area (Å²) in [5, 5.41) is 0. The van der Waals surface area contributed by atoms with Crippen molar-refractivity contribution in [2.24, 2.45) is 0 Å². The summed E-state index contributed by atoms with van der Waals surface area (Å²) < 4.78 is 0. The van der Waals surface area contributed by atoms with Crippen LogP contribution in [0.15, 0.2) is 6.20 Å². The Labute approximate surface area is 103 Å². The molecule has 0 amide bonds. The smallest absolute Gasteiger partial charge is 0.221 e. The molecule has 0 saturated heterocycles. The number of hydrogen-bond donors (Lipinski definition) is 1. The highest BCUT2D eigenvalue weighted by Gasteiger charge is 2.19. The Hall–Kier alpha value is -1.32. The molecule has 0 bridgehead atoms. The van der Waals surface area contributed by atoms with Gasteiger partial charge in [0.25, 0.3) is 0 Å². The van der Waals surface area contributed by atoms with Crippen molar-refractivity contribution in [3.63, 3.8) is 0 Å². The van der Waals surface area contributed by atoms with E-state index in [-0.39, 0.29) is 0 Å². The van der Waals surface area contributed by atoms with E-state index in [4.69, 9.17) is 5.73 Å². The molecule has 0 aliphatic heterocycles. The third kappa shape index (κ3) is 2.87. The Balaban J connectivity index is 2.16. The minimum atomic E-state index is 0.367. The molecule has 2 N–H and O–H groups in total. The van der Waals surface area contributed by atoms with E-state index in [0.717, 1.165) is 11.4 Å². The van der Waals surface area contributed by atoms with E-state index < -0.39 is 0 Å². The summed E-state index contributed by atoms with van der Waals surface area (Å²) in [5.74, 6) is 1.36. The summed E-state index contributed by atoms with van der Waals surface area (Å²) in [6.45, 7) is 2.04. The van der Waals surface area contributed by atoms with Gasteiger partial charge in [0, 0.05) is 24.8 Å². The van der Waals surface area contributed by atoms with Crippen LogP contribution in [-0.2, 0) is 0 Å². The van der Waals surface area contributed by atoms with Crippen molar-refractivity contribution in [3.05, 3.63) is 11.8 Å². The number of nitrogens with two attached hydrogens (primary N) is 1. The van der Waals surface area contributed by atoms with Gasteiger partial charge in [-0.1, -0.05) is 25.7 Å².